The number of anilines is 2. The fourth-order valence-corrected chi connectivity index (χ4v) is 3.61. The van der Waals surface area contributed by atoms with Gasteiger partial charge in [-0.2, -0.15) is 5.10 Å². The first kappa shape index (κ1) is 18.0. The highest BCUT2D eigenvalue weighted by Gasteiger charge is 2.50. The van der Waals surface area contributed by atoms with Crippen molar-refractivity contribution >= 4 is 34.7 Å². The average molecular weight is 400 g/mol. The van der Waals surface area contributed by atoms with Gasteiger partial charge < -0.3 is 16.2 Å². The van der Waals surface area contributed by atoms with Gasteiger partial charge in [0.1, 0.15) is 5.82 Å². The number of halogens is 1. The first-order valence-corrected chi connectivity index (χ1v) is 8.55. The third kappa shape index (κ3) is 2.44. The van der Waals surface area contributed by atoms with Gasteiger partial charge in [-0.05, 0) is 31.2 Å². The Morgan fingerprint density at radius 3 is 2.79 bits per heavy atom. The van der Waals surface area contributed by atoms with Crippen LogP contribution in [0.1, 0.15) is 16.8 Å². The van der Waals surface area contributed by atoms with Crippen molar-refractivity contribution in [3.8, 4) is 5.69 Å². The molecule has 0 saturated heterocycles. The highest BCUT2D eigenvalue weighted by molar-refractivity contribution is 6.31. The summed E-state index contributed by atoms with van der Waals surface area (Å²) in [4.78, 5) is 23.2. The molecular weight excluding hydrogens is 386 g/mol. The van der Waals surface area contributed by atoms with Crippen molar-refractivity contribution in [3.05, 3.63) is 74.4 Å². The number of amides is 1. The number of nitrogens with one attached hydrogen (secondary N) is 1. The summed E-state index contributed by atoms with van der Waals surface area (Å²) in [5.74, 6) is -0.693. The second kappa shape index (κ2) is 6.04. The van der Waals surface area contributed by atoms with Crippen molar-refractivity contribution in [2.75, 3.05) is 11.1 Å². The average Bonchev–Trinajstić information content (AvgIpc) is 3.09. The zero-order valence-electron chi connectivity index (χ0n) is 14.5. The van der Waals surface area contributed by atoms with E-state index in [9.17, 15) is 20.0 Å². The van der Waals surface area contributed by atoms with Gasteiger partial charge >= 0.3 is 0 Å². The van der Waals surface area contributed by atoms with Crippen LogP contribution < -0.4 is 11.1 Å². The fourth-order valence-electron chi connectivity index (χ4n) is 3.44. The number of aryl methyl sites for hydroxylation is 1. The van der Waals surface area contributed by atoms with E-state index in [2.05, 4.69) is 10.4 Å². The van der Waals surface area contributed by atoms with E-state index in [0.717, 1.165) is 0 Å². The molecular formula is C18H14ClN5O4. The van der Waals surface area contributed by atoms with Crippen molar-refractivity contribution in [2.24, 2.45) is 0 Å². The smallest absolute Gasteiger partial charge is 0.271 e. The summed E-state index contributed by atoms with van der Waals surface area (Å²) in [5.41, 5.74) is 5.42. The standard InChI is InChI=1S/C18H14ClN5O4/c1-9-15(18(26)13-7-10(19)5-6-14(13)21-17(18)25)16(20)23(22-9)11-3-2-4-12(8-11)24(27)28/h2-8,26H,20H2,1H3,(H,21,25)/t18-/m1/s1. The molecule has 2 aromatic carbocycles. The topological polar surface area (TPSA) is 136 Å². The number of rotatable bonds is 3. The highest BCUT2D eigenvalue weighted by atomic mass is 35.5. The van der Waals surface area contributed by atoms with Gasteiger partial charge in [0.2, 0.25) is 5.60 Å². The molecule has 0 fully saturated rings. The minimum atomic E-state index is -2.09. The van der Waals surface area contributed by atoms with Crippen molar-refractivity contribution in [1.29, 1.82) is 0 Å². The summed E-state index contributed by atoms with van der Waals surface area (Å²) in [7, 11) is 0. The normalized spacial score (nSPS) is 18.0. The predicted octanol–water partition coefficient (Wildman–Crippen LogP) is 2.51. The Balaban J connectivity index is 1.92. The molecule has 0 radical (unpaired) electrons. The number of aromatic nitrogens is 2. The lowest BCUT2D eigenvalue weighted by molar-refractivity contribution is -0.384. The number of nitro benzene ring substituents is 1. The van der Waals surface area contributed by atoms with Crippen molar-refractivity contribution in [1.82, 2.24) is 9.78 Å². The number of aliphatic hydroxyl groups is 1. The largest absolute Gasteiger partial charge is 0.383 e. The van der Waals surface area contributed by atoms with E-state index in [1.165, 1.54) is 28.9 Å². The minimum Gasteiger partial charge on any atom is -0.383 e. The molecule has 2 heterocycles. The molecule has 0 saturated carbocycles. The number of hydrogen-bond acceptors (Lipinski definition) is 6. The van der Waals surface area contributed by atoms with Crippen LogP contribution in [-0.2, 0) is 10.4 Å². The predicted molar refractivity (Wildman–Crippen MR) is 102 cm³/mol. The van der Waals surface area contributed by atoms with E-state index in [0.29, 0.717) is 22.1 Å². The number of nitrogens with two attached hydrogens (primary N) is 1. The molecule has 0 unspecified atom stereocenters. The molecule has 1 amide bonds. The maximum Gasteiger partial charge on any atom is 0.271 e. The van der Waals surface area contributed by atoms with Crippen LogP contribution in [0.15, 0.2) is 42.5 Å². The van der Waals surface area contributed by atoms with Gasteiger partial charge in [-0.15, -0.1) is 0 Å². The lowest BCUT2D eigenvalue weighted by Crippen LogP contribution is -2.36. The lowest BCUT2D eigenvalue weighted by Gasteiger charge is -2.21. The van der Waals surface area contributed by atoms with E-state index in [1.54, 1.807) is 25.1 Å². The Hall–Kier alpha value is -3.43. The Kier molecular flexibility index (Phi) is 3.88. The molecule has 0 aliphatic carbocycles. The zero-order chi connectivity index (χ0) is 20.2. The second-order valence-electron chi connectivity index (χ2n) is 6.39. The van der Waals surface area contributed by atoms with Crippen LogP contribution in [-0.4, -0.2) is 25.7 Å². The number of nitrogens with zero attached hydrogens (tertiary/aromatic N) is 3. The number of benzene rings is 2. The summed E-state index contributed by atoms with van der Waals surface area (Å²) >= 11 is 6.05. The first-order valence-electron chi connectivity index (χ1n) is 8.17. The van der Waals surface area contributed by atoms with Crippen molar-refractivity contribution in [3.63, 3.8) is 0 Å². The Morgan fingerprint density at radius 1 is 1.32 bits per heavy atom. The SMILES string of the molecule is Cc1nn(-c2cccc([N+](=O)[O-])c2)c(N)c1[C@@]1(O)C(=O)Nc2ccc(Cl)cc21. The van der Waals surface area contributed by atoms with Crippen LogP contribution in [0.25, 0.3) is 5.69 Å². The molecule has 1 aromatic heterocycles. The summed E-state index contributed by atoms with van der Waals surface area (Å²) in [5, 5.41) is 29.7. The molecule has 4 N–H and O–H groups in total. The molecule has 1 aliphatic heterocycles. The molecule has 142 valence electrons. The van der Waals surface area contributed by atoms with Crippen LogP contribution in [0.5, 0.6) is 0 Å². The van der Waals surface area contributed by atoms with E-state index in [1.807, 2.05) is 0 Å². The molecule has 1 atom stereocenters. The van der Waals surface area contributed by atoms with Crippen molar-refractivity contribution in [2.45, 2.75) is 12.5 Å². The van der Waals surface area contributed by atoms with E-state index >= 15 is 0 Å². The molecule has 28 heavy (non-hydrogen) atoms. The number of nitrogen functional groups attached to an aromatic ring is 1. The molecule has 10 heteroatoms. The van der Waals surface area contributed by atoms with Gasteiger partial charge in [0.05, 0.1) is 21.9 Å². The number of fused-ring (bicyclic) bond motifs is 1. The number of carbonyl (C=O) groups excluding carboxylic acids is 1. The van der Waals surface area contributed by atoms with Gasteiger partial charge in [-0.1, -0.05) is 17.7 Å². The van der Waals surface area contributed by atoms with Crippen LogP contribution in [0, 0.1) is 17.0 Å². The molecule has 0 bridgehead atoms. The van der Waals surface area contributed by atoms with Crippen LogP contribution in [0.4, 0.5) is 17.2 Å². The number of non-ortho nitro benzene ring substituents is 1. The maximum atomic E-state index is 12.7. The lowest BCUT2D eigenvalue weighted by atomic mass is 9.87. The number of hydrogen-bond donors (Lipinski definition) is 3. The molecule has 9 nitrogen and oxygen atoms in total. The third-order valence-corrected chi connectivity index (χ3v) is 4.93. The number of carbonyl (C=O) groups is 1. The number of nitro groups is 1. The summed E-state index contributed by atoms with van der Waals surface area (Å²) in [6.07, 6.45) is 0. The Labute approximate surface area is 163 Å². The Morgan fingerprint density at radius 2 is 2.07 bits per heavy atom. The van der Waals surface area contributed by atoms with E-state index in [4.69, 9.17) is 17.3 Å². The van der Waals surface area contributed by atoms with Crippen LogP contribution >= 0.6 is 11.6 Å². The van der Waals surface area contributed by atoms with E-state index < -0.39 is 16.4 Å². The Bertz CT molecular complexity index is 1160. The van der Waals surface area contributed by atoms with Crippen LogP contribution in [0.3, 0.4) is 0 Å². The molecule has 0 spiro atoms. The zero-order valence-corrected chi connectivity index (χ0v) is 15.3. The third-order valence-electron chi connectivity index (χ3n) is 4.69. The van der Waals surface area contributed by atoms with E-state index in [-0.39, 0.29) is 22.6 Å². The summed E-state index contributed by atoms with van der Waals surface area (Å²) in [6, 6.07) is 10.4. The first-order chi connectivity index (χ1) is 13.2. The molecule has 3 aromatic rings. The summed E-state index contributed by atoms with van der Waals surface area (Å²) in [6.45, 7) is 1.59. The highest BCUT2D eigenvalue weighted by Crippen LogP contribution is 2.45. The maximum absolute atomic E-state index is 12.7. The second-order valence-corrected chi connectivity index (χ2v) is 6.83. The van der Waals surface area contributed by atoms with Gasteiger partial charge in [0.25, 0.3) is 11.6 Å². The van der Waals surface area contributed by atoms with Crippen LogP contribution in [0.2, 0.25) is 5.02 Å². The van der Waals surface area contributed by atoms with Crippen molar-refractivity contribution < 1.29 is 14.8 Å². The molecule has 4 rings (SSSR count). The quantitative estimate of drug-likeness (QED) is 0.457. The van der Waals surface area contributed by atoms with Gasteiger partial charge in [0.15, 0.2) is 0 Å². The van der Waals surface area contributed by atoms with Gasteiger partial charge in [-0.25, -0.2) is 4.68 Å². The summed E-state index contributed by atoms with van der Waals surface area (Å²) < 4.78 is 1.26. The minimum absolute atomic E-state index is 0.0107. The fraction of sp³-hybridized carbons (Fsp3) is 0.111. The van der Waals surface area contributed by atoms with Gasteiger partial charge in [0, 0.05) is 28.4 Å². The monoisotopic (exact) mass is 399 g/mol. The molecule has 1 aliphatic rings. The van der Waals surface area contributed by atoms with Gasteiger partial charge in [-0.3, -0.25) is 14.9 Å².